The fourth-order valence-electron chi connectivity index (χ4n) is 4.32. The van der Waals surface area contributed by atoms with Crippen LogP contribution in [0, 0.1) is 6.92 Å². The van der Waals surface area contributed by atoms with Crippen molar-refractivity contribution in [2.45, 2.75) is 77.5 Å². The standard InChI is InChI=1S/C22H28N4O4/c1-13(6-5-9-18(27)23-15-7-3-4-8-15)30-17-11-10-16-20(14(17)2)21(29)26-12-19(28)25-22(26)24-16/h10-11,13,15H,3-9,12H2,1-2H3,(H,23,27)(H,24,25,28). The summed E-state index contributed by atoms with van der Waals surface area (Å²) in [6.45, 7) is 3.79. The quantitative estimate of drug-likeness (QED) is 0.728. The van der Waals surface area contributed by atoms with Crippen LogP contribution in [0.4, 0.5) is 5.95 Å². The maximum absolute atomic E-state index is 12.8. The summed E-state index contributed by atoms with van der Waals surface area (Å²) < 4.78 is 7.43. The summed E-state index contributed by atoms with van der Waals surface area (Å²) in [4.78, 5) is 40.9. The second kappa shape index (κ2) is 8.45. The molecule has 30 heavy (non-hydrogen) atoms. The number of carbonyl (C=O) groups is 2. The van der Waals surface area contributed by atoms with E-state index in [0.29, 0.717) is 34.7 Å². The van der Waals surface area contributed by atoms with Crippen LogP contribution in [0.5, 0.6) is 5.75 Å². The van der Waals surface area contributed by atoms with Gasteiger partial charge < -0.3 is 10.1 Å². The van der Waals surface area contributed by atoms with E-state index in [2.05, 4.69) is 15.6 Å². The topological polar surface area (TPSA) is 102 Å². The predicted octanol–water partition coefficient (Wildman–Crippen LogP) is 2.65. The van der Waals surface area contributed by atoms with Crippen LogP contribution < -0.4 is 20.9 Å². The van der Waals surface area contributed by atoms with Crippen molar-refractivity contribution in [3.05, 3.63) is 28.0 Å². The Hall–Kier alpha value is -2.90. The van der Waals surface area contributed by atoms with Crippen molar-refractivity contribution in [1.29, 1.82) is 0 Å². The highest BCUT2D eigenvalue weighted by Gasteiger charge is 2.23. The van der Waals surface area contributed by atoms with Crippen LogP contribution in [-0.4, -0.2) is 33.5 Å². The summed E-state index contributed by atoms with van der Waals surface area (Å²) in [5, 5.41) is 6.18. The normalized spacial score (nSPS) is 17.1. The third-order valence-corrected chi connectivity index (χ3v) is 5.95. The smallest absolute Gasteiger partial charge is 0.263 e. The number of nitrogens with one attached hydrogen (secondary N) is 2. The van der Waals surface area contributed by atoms with Crippen molar-refractivity contribution in [3.63, 3.8) is 0 Å². The number of amides is 2. The molecule has 8 heteroatoms. The number of rotatable bonds is 7. The van der Waals surface area contributed by atoms with E-state index in [0.717, 1.165) is 25.7 Å². The van der Waals surface area contributed by atoms with Gasteiger partial charge in [-0.05, 0) is 51.7 Å². The Morgan fingerprint density at radius 2 is 2.10 bits per heavy atom. The molecule has 4 rings (SSSR count). The Morgan fingerprint density at radius 1 is 1.33 bits per heavy atom. The van der Waals surface area contributed by atoms with Gasteiger partial charge >= 0.3 is 0 Å². The SMILES string of the molecule is Cc1c(OC(C)CCCC(=O)NC2CCCC2)ccc2nc3n(c(=O)c12)CC(=O)N3. The van der Waals surface area contributed by atoms with Crippen molar-refractivity contribution in [2.24, 2.45) is 0 Å². The molecular formula is C22H28N4O4. The zero-order chi connectivity index (χ0) is 21.3. The lowest BCUT2D eigenvalue weighted by Crippen LogP contribution is -2.32. The van der Waals surface area contributed by atoms with Gasteiger partial charge in [-0.2, -0.15) is 0 Å². The Labute approximate surface area is 175 Å². The minimum atomic E-state index is -0.243. The fourth-order valence-corrected chi connectivity index (χ4v) is 4.32. The molecule has 0 spiro atoms. The molecule has 2 N–H and O–H groups in total. The van der Waals surface area contributed by atoms with Crippen LogP contribution in [0.1, 0.15) is 57.4 Å². The number of anilines is 1. The molecule has 1 aromatic heterocycles. The number of aryl methyl sites for hydroxylation is 1. The summed E-state index contributed by atoms with van der Waals surface area (Å²) in [5.74, 6) is 0.790. The van der Waals surface area contributed by atoms with Crippen molar-refractivity contribution in [3.8, 4) is 5.75 Å². The number of benzene rings is 1. The Balaban J connectivity index is 1.38. The number of carbonyl (C=O) groups excluding carboxylic acids is 2. The van der Waals surface area contributed by atoms with Crippen LogP contribution in [-0.2, 0) is 16.1 Å². The van der Waals surface area contributed by atoms with Gasteiger partial charge in [0.15, 0.2) is 0 Å². The van der Waals surface area contributed by atoms with Gasteiger partial charge in [0.05, 0.1) is 17.0 Å². The van der Waals surface area contributed by atoms with Gasteiger partial charge in [0.2, 0.25) is 17.8 Å². The number of nitrogens with zero attached hydrogens (tertiary/aromatic N) is 2. The first kappa shape index (κ1) is 20.4. The third-order valence-electron chi connectivity index (χ3n) is 5.95. The van der Waals surface area contributed by atoms with Gasteiger partial charge in [0.25, 0.3) is 5.56 Å². The lowest BCUT2D eigenvalue weighted by Gasteiger charge is -2.18. The summed E-state index contributed by atoms with van der Waals surface area (Å²) >= 11 is 0. The number of ether oxygens (including phenoxy) is 1. The second-order valence-electron chi connectivity index (χ2n) is 8.33. The van der Waals surface area contributed by atoms with Gasteiger partial charge in [-0.3, -0.25) is 24.3 Å². The molecule has 2 aliphatic rings. The van der Waals surface area contributed by atoms with E-state index in [9.17, 15) is 14.4 Å². The number of aromatic nitrogens is 2. The van der Waals surface area contributed by atoms with Crippen LogP contribution in [0.25, 0.3) is 10.9 Å². The van der Waals surface area contributed by atoms with Gasteiger partial charge in [-0.1, -0.05) is 12.8 Å². The molecule has 1 aliphatic carbocycles. The van der Waals surface area contributed by atoms with E-state index < -0.39 is 0 Å². The van der Waals surface area contributed by atoms with Crippen molar-refractivity contribution in [1.82, 2.24) is 14.9 Å². The largest absolute Gasteiger partial charge is 0.490 e. The van der Waals surface area contributed by atoms with Crippen LogP contribution in [0.2, 0.25) is 0 Å². The van der Waals surface area contributed by atoms with Gasteiger partial charge in [-0.25, -0.2) is 4.98 Å². The van der Waals surface area contributed by atoms with Gasteiger partial charge in [-0.15, -0.1) is 0 Å². The molecule has 1 aromatic carbocycles. The molecule has 0 saturated heterocycles. The maximum Gasteiger partial charge on any atom is 0.263 e. The summed E-state index contributed by atoms with van der Waals surface area (Å²) in [5.41, 5.74) is 1.01. The molecule has 160 valence electrons. The second-order valence-corrected chi connectivity index (χ2v) is 8.33. The van der Waals surface area contributed by atoms with Crippen molar-refractivity contribution in [2.75, 3.05) is 5.32 Å². The van der Waals surface area contributed by atoms with E-state index >= 15 is 0 Å². The van der Waals surface area contributed by atoms with Gasteiger partial charge in [0.1, 0.15) is 12.3 Å². The number of fused-ring (bicyclic) bond motifs is 2. The first-order valence-electron chi connectivity index (χ1n) is 10.7. The Kier molecular flexibility index (Phi) is 5.74. The van der Waals surface area contributed by atoms with E-state index in [-0.39, 0.29) is 36.0 Å². The summed E-state index contributed by atoms with van der Waals surface area (Å²) in [7, 11) is 0. The molecule has 0 radical (unpaired) electrons. The third kappa shape index (κ3) is 4.17. The molecule has 0 bridgehead atoms. The highest BCUT2D eigenvalue weighted by molar-refractivity contribution is 5.94. The lowest BCUT2D eigenvalue weighted by atomic mass is 10.1. The average molecular weight is 412 g/mol. The fraction of sp³-hybridized carbons (Fsp3) is 0.545. The summed E-state index contributed by atoms with van der Waals surface area (Å²) in [6.07, 6.45) is 6.50. The molecular weight excluding hydrogens is 384 g/mol. The van der Waals surface area contributed by atoms with E-state index in [1.54, 1.807) is 12.1 Å². The van der Waals surface area contributed by atoms with Crippen LogP contribution in [0.3, 0.4) is 0 Å². The minimum absolute atomic E-state index is 0.0129. The Morgan fingerprint density at radius 3 is 2.87 bits per heavy atom. The molecule has 1 unspecified atom stereocenters. The molecule has 1 aliphatic heterocycles. The molecule has 2 aromatic rings. The molecule has 2 heterocycles. The molecule has 8 nitrogen and oxygen atoms in total. The molecule has 2 amide bonds. The van der Waals surface area contributed by atoms with Crippen LogP contribution in [0.15, 0.2) is 16.9 Å². The predicted molar refractivity (Wildman–Crippen MR) is 114 cm³/mol. The zero-order valence-corrected chi connectivity index (χ0v) is 17.5. The van der Waals surface area contributed by atoms with E-state index in [4.69, 9.17) is 4.74 Å². The molecule has 1 saturated carbocycles. The summed E-state index contributed by atoms with van der Waals surface area (Å²) in [6, 6.07) is 3.90. The van der Waals surface area contributed by atoms with E-state index in [1.165, 1.54) is 17.4 Å². The number of hydrogen-bond donors (Lipinski definition) is 2. The monoisotopic (exact) mass is 412 g/mol. The highest BCUT2D eigenvalue weighted by Crippen LogP contribution is 2.27. The number of hydrogen-bond acceptors (Lipinski definition) is 5. The van der Waals surface area contributed by atoms with Crippen molar-refractivity contribution >= 4 is 28.7 Å². The molecule has 1 fully saturated rings. The maximum atomic E-state index is 12.8. The zero-order valence-electron chi connectivity index (χ0n) is 17.5. The van der Waals surface area contributed by atoms with E-state index in [1.807, 2.05) is 13.8 Å². The van der Waals surface area contributed by atoms with Crippen LogP contribution >= 0.6 is 0 Å². The molecule has 1 atom stereocenters. The van der Waals surface area contributed by atoms with Gasteiger partial charge in [0, 0.05) is 18.0 Å². The lowest BCUT2D eigenvalue weighted by molar-refractivity contribution is -0.122. The highest BCUT2D eigenvalue weighted by atomic mass is 16.5. The minimum Gasteiger partial charge on any atom is -0.490 e. The first-order chi connectivity index (χ1) is 14.4. The average Bonchev–Trinajstić information content (AvgIpc) is 3.33. The first-order valence-corrected chi connectivity index (χ1v) is 10.7. The van der Waals surface area contributed by atoms with Crippen molar-refractivity contribution < 1.29 is 14.3 Å². The Bertz CT molecular complexity index is 1040.